The molecule has 5 rings (SSSR count). The summed E-state index contributed by atoms with van der Waals surface area (Å²) in [4.78, 5) is 8.98. The highest BCUT2D eigenvalue weighted by Gasteiger charge is 2.13. The second-order valence-electron chi connectivity index (χ2n) is 12.8. The lowest BCUT2D eigenvalue weighted by atomic mass is 9.88. The van der Waals surface area contributed by atoms with E-state index in [0.717, 1.165) is 59.8 Å². The minimum Gasteiger partial charge on any atom is -0.492 e. The summed E-state index contributed by atoms with van der Waals surface area (Å²) in [5.41, 5.74) is 8.44. The van der Waals surface area contributed by atoms with E-state index in [1.165, 1.54) is 40.8 Å². The van der Waals surface area contributed by atoms with Crippen LogP contribution in [0.25, 0.3) is 22.0 Å². The number of hydrogen-bond donors (Lipinski definition) is 1. The van der Waals surface area contributed by atoms with Crippen LogP contribution in [0, 0.1) is 0 Å². The lowest BCUT2D eigenvalue weighted by Gasteiger charge is -2.20. The minimum absolute atomic E-state index is 0.442. The van der Waals surface area contributed by atoms with Crippen LogP contribution in [0.15, 0.2) is 115 Å². The van der Waals surface area contributed by atoms with Gasteiger partial charge in [-0.3, -0.25) is 4.98 Å². The van der Waals surface area contributed by atoms with E-state index < -0.39 is 0 Å². The zero-order valence-corrected chi connectivity index (χ0v) is 31.6. The molecule has 0 aliphatic rings. The number of pyridine rings is 1. The maximum Gasteiger partial charge on any atom is 0.119 e. The lowest BCUT2D eigenvalue weighted by molar-refractivity contribution is 0.261. The molecule has 0 saturated heterocycles. The molecule has 264 valence electrons. The summed E-state index contributed by atoms with van der Waals surface area (Å²) < 4.78 is 5.87. The van der Waals surface area contributed by atoms with Gasteiger partial charge in [0.15, 0.2) is 0 Å². The molecule has 0 saturated carbocycles. The Morgan fingerprint density at radius 2 is 1.42 bits per heavy atom. The molecule has 0 radical (unpaired) electrons. The van der Waals surface area contributed by atoms with Crippen molar-refractivity contribution in [3.05, 3.63) is 137 Å². The number of ether oxygens (including phenoxy) is 1. The second kappa shape index (κ2) is 20.5. The van der Waals surface area contributed by atoms with Crippen molar-refractivity contribution < 1.29 is 4.74 Å². The van der Waals surface area contributed by atoms with E-state index in [2.05, 4.69) is 147 Å². The van der Waals surface area contributed by atoms with Gasteiger partial charge in [-0.2, -0.15) is 0 Å². The summed E-state index contributed by atoms with van der Waals surface area (Å²) in [6.45, 7) is 13.9. The van der Waals surface area contributed by atoms with Crippen LogP contribution >= 0.6 is 11.6 Å². The van der Waals surface area contributed by atoms with Crippen molar-refractivity contribution in [1.82, 2.24) is 14.8 Å². The fraction of sp³-hybridized carbons (Fsp3) is 0.341. The topological polar surface area (TPSA) is 40.6 Å². The predicted molar refractivity (Wildman–Crippen MR) is 216 cm³/mol. The highest BCUT2D eigenvalue weighted by Crippen LogP contribution is 2.35. The quantitative estimate of drug-likeness (QED) is 0.104. The molecule has 1 heterocycles. The number of halogens is 1. The van der Waals surface area contributed by atoms with Gasteiger partial charge in [0, 0.05) is 34.9 Å². The summed E-state index contributed by atoms with van der Waals surface area (Å²) in [5.74, 6) is 0.913. The van der Waals surface area contributed by atoms with Crippen LogP contribution in [-0.2, 0) is 0 Å². The number of benzene rings is 4. The minimum atomic E-state index is 0.442. The van der Waals surface area contributed by atoms with Crippen LogP contribution in [0.1, 0.15) is 63.6 Å². The Labute approximate surface area is 306 Å². The van der Waals surface area contributed by atoms with Crippen LogP contribution in [0.2, 0.25) is 5.02 Å². The van der Waals surface area contributed by atoms with Gasteiger partial charge in [-0.1, -0.05) is 105 Å². The third-order valence-electron chi connectivity index (χ3n) is 8.90. The maximum absolute atomic E-state index is 6.04. The number of nitrogens with zero attached hydrogens (tertiary/aromatic N) is 3. The highest BCUT2D eigenvalue weighted by atomic mass is 35.5. The molecule has 50 heavy (non-hydrogen) atoms. The van der Waals surface area contributed by atoms with Gasteiger partial charge in [0.2, 0.25) is 0 Å². The van der Waals surface area contributed by atoms with Crippen molar-refractivity contribution in [3.8, 4) is 5.75 Å². The standard InChI is InChI=1S/C26H29NO.C18H26ClN3/c1-4-25(21-11-7-5-8-12-21)26(22-13-9-6-10-14-22)23-15-17-24(18-16-23)28-20-19-27(2)3;1-4-22(5-2)12-6-7-14(3)21-17-10-11-20-18-13-15(19)8-9-16(17)18/h5-18H,4,19-20H2,1-3H3;8-11,13-14H,4-7,12H2,1-3H3,(H,20,21)/b26-25-;. The van der Waals surface area contributed by atoms with E-state index in [1.54, 1.807) is 0 Å². The average molecular weight is 691 g/mol. The Balaban J connectivity index is 0.000000232. The number of allylic oxidation sites excluding steroid dienone is 1. The normalized spacial score (nSPS) is 12.3. The van der Waals surface area contributed by atoms with Crippen LogP contribution < -0.4 is 10.1 Å². The van der Waals surface area contributed by atoms with Gasteiger partial charge in [0.1, 0.15) is 12.4 Å². The van der Waals surface area contributed by atoms with Crippen LogP contribution in [-0.4, -0.2) is 67.7 Å². The zero-order valence-electron chi connectivity index (χ0n) is 30.8. The monoisotopic (exact) mass is 690 g/mol. The number of nitrogens with one attached hydrogen (secondary N) is 1. The number of anilines is 1. The molecule has 5 nitrogen and oxygen atoms in total. The summed E-state index contributed by atoms with van der Waals surface area (Å²) >= 11 is 6.04. The molecule has 1 unspecified atom stereocenters. The number of hydrogen-bond acceptors (Lipinski definition) is 5. The van der Waals surface area contributed by atoms with Crippen LogP contribution in [0.3, 0.4) is 0 Å². The molecule has 0 aliphatic heterocycles. The molecule has 0 fully saturated rings. The molecule has 1 aromatic heterocycles. The third kappa shape index (κ3) is 11.7. The van der Waals surface area contributed by atoms with E-state index in [0.29, 0.717) is 12.6 Å². The molecule has 4 aromatic carbocycles. The molecule has 0 aliphatic carbocycles. The highest BCUT2D eigenvalue weighted by molar-refractivity contribution is 6.31. The Bertz CT molecular complexity index is 1740. The molecule has 0 spiro atoms. The molecule has 5 aromatic rings. The first-order chi connectivity index (χ1) is 24.3. The molecule has 1 atom stereocenters. The molecule has 1 N–H and O–H groups in total. The van der Waals surface area contributed by atoms with Crippen molar-refractivity contribution in [3.63, 3.8) is 0 Å². The van der Waals surface area contributed by atoms with E-state index >= 15 is 0 Å². The second-order valence-corrected chi connectivity index (χ2v) is 13.3. The first kappa shape index (κ1) is 38.6. The van der Waals surface area contributed by atoms with Crippen molar-refractivity contribution in [1.29, 1.82) is 0 Å². The van der Waals surface area contributed by atoms with Crippen molar-refractivity contribution in [2.24, 2.45) is 0 Å². The van der Waals surface area contributed by atoms with Crippen LogP contribution in [0.4, 0.5) is 5.69 Å². The Hall–Kier alpha value is -4.16. The first-order valence-corrected chi connectivity index (χ1v) is 18.5. The van der Waals surface area contributed by atoms with Gasteiger partial charge in [-0.05, 0) is 124 Å². The number of aromatic nitrogens is 1. The summed E-state index contributed by atoms with van der Waals surface area (Å²) in [6, 6.07) is 38.2. The van der Waals surface area contributed by atoms with Crippen LogP contribution in [0.5, 0.6) is 5.75 Å². The molecule has 0 bridgehead atoms. The fourth-order valence-electron chi connectivity index (χ4n) is 6.09. The first-order valence-electron chi connectivity index (χ1n) is 18.1. The van der Waals surface area contributed by atoms with Gasteiger partial charge >= 0.3 is 0 Å². The predicted octanol–water partition coefficient (Wildman–Crippen LogP) is 10.8. The average Bonchev–Trinajstić information content (AvgIpc) is 3.13. The van der Waals surface area contributed by atoms with Gasteiger partial charge in [-0.25, -0.2) is 0 Å². The molecular weight excluding hydrogens is 636 g/mol. The smallest absolute Gasteiger partial charge is 0.119 e. The van der Waals surface area contributed by atoms with Crippen molar-refractivity contribution in [2.45, 2.75) is 53.0 Å². The van der Waals surface area contributed by atoms with Crippen molar-refractivity contribution in [2.75, 3.05) is 52.2 Å². The van der Waals surface area contributed by atoms with Gasteiger partial charge in [0.05, 0.1) is 5.52 Å². The van der Waals surface area contributed by atoms with E-state index in [9.17, 15) is 0 Å². The SMILES string of the molecule is CC/C(=C(\c1ccccc1)c1ccc(OCCN(C)C)cc1)c1ccccc1.CCN(CC)CCCC(C)Nc1ccnc2cc(Cl)ccc12. The third-order valence-corrected chi connectivity index (χ3v) is 9.14. The number of likely N-dealkylation sites (N-methyl/N-ethyl adjacent to an activating group) is 1. The molecule has 6 heteroatoms. The van der Waals surface area contributed by atoms with Gasteiger partial charge in [-0.15, -0.1) is 0 Å². The number of rotatable bonds is 16. The summed E-state index contributed by atoms with van der Waals surface area (Å²) in [5, 5.41) is 5.47. The lowest BCUT2D eigenvalue weighted by Crippen LogP contribution is -2.25. The summed E-state index contributed by atoms with van der Waals surface area (Å²) in [7, 11) is 4.11. The Morgan fingerprint density at radius 3 is 2.04 bits per heavy atom. The van der Waals surface area contributed by atoms with E-state index in [-0.39, 0.29) is 0 Å². The Morgan fingerprint density at radius 1 is 0.780 bits per heavy atom. The summed E-state index contributed by atoms with van der Waals surface area (Å²) in [6.07, 6.45) is 5.18. The zero-order chi connectivity index (χ0) is 35.7. The fourth-order valence-corrected chi connectivity index (χ4v) is 6.26. The molecular formula is C44H55ClN4O. The Kier molecular flexibility index (Phi) is 15.8. The largest absolute Gasteiger partial charge is 0.492 e. The van der Waals surface area contributed by atoms with E-state index in [4.69, 9.17) is 16.3 Å². The van der Waals surface area contributed by atoms with Crippen molar-refractivity contribution >= 4 is 39.3 Å². The molecule has 0 amide bonds. The van der Waals surface area contributed by atoms with E-state index in [1.807, 2.05) is 30.5 Å². The number of fused-ring (bicyclic) bond motifs is 1. The maximum atomic E-state index is 6.04. The van der Waals surface area contributed by atoms with Gasteiger partial charge in [0.25, 0.3) is 0 Å². The van der Waals surface area contributed by atoms with Gasteiger partial charge < -0.3 is 19.9 Å².